The number of nitrogens with zero attached hydrogens (tertiary/aromatic N) is 5. The van der Waals surface area contributed by atoms with Gasteiger partial charge in [0.2, 0.25) is 4.96 Å². The molecule has 0 amide bonds. The maximum atomic E-state index is 13.3. The van der Waals surface area contributed by atoms with Crippen LogP contribution in [0.25, 0.3) is 40.1 Å². The predicted molar refractivity (Wildman–Crippen MR) is 163 cm³/mol. The monoisotopic (exact) mass is 561 g/mol. The van der Waals surface area contributed by atoms with Crippen LogP contribution in [0.15, 0.2) is 89.9 Å². The van der Waals surface area contributed by atoms with Gasteiger partial charge in [0.25, 0.3) is 5.56 Å². The Morgan fingerprint density at radius 1 is 0.927 bits per heavy atom. The van der Waals surface area contributed by atoms with Gasteiger partial charge in [-0.05, 0) is 60.5 Å². The van der Waals surface area contributed by atoms with E-state index in [1.165, 1.54) is 15.9 Å². The fourth-order valence-electron chi connectivity index (χ4n) is 4.33. The van der Waals surface area contributed by atoms with Gasteiger partial charge in [0.05, 0.1) is 23.9 Å². The van der Waals surface area contributed by atoms with Crippen LogP contribution in [0, 0.1) is 0 Å². The Balaban J connectivity index is 1.37. The zero-order valence-corrected chi connectivity index (χ0v) is 23.4. The Kier molecular flexibility index (Phi) is 7.42. The Morgan fingerprint density at radius 2 is 1.76 bits per heavy atom. The summed E-state index contributed by atoms with van der Waals surface area (Å²) in [6.07, 6.45) is 8.41. The molecular formula is C32H27N5O3S. The van der Waals surface area contributed by atoms with Crippen LogP contribution in [0.1, 0.15) is 30.3 Å². The first kappa shape index (κ1) is 26.2. The number of para-hydroxylation sites is 1. The second kappa shape index (κ2) is 11.6. The number of benzene rings is 3. The summed E-state index contributed by atoms with van der Waals surface area (Å²) in [7, 11) is 1.63. The molecule has 0 spiro atoms. The van der Waals surface area contributed by atoms with Gasteiger partial charge in [0, 0.05) is 17.3 Å². The molecule has 0 unspecified atom stereocenters. The van der Waals surface area contributed by atoms with Crippen molar-refractivity contribution in [3.63, 3.8) is 0 Å². The molecular weight excluding hydrogens is 534 g/mol. The standard InChI is InChI=1S/C32H27N5O3S/c1-3-18-40-27-11-7-8-23(19-27)30-24(21-36(35-30)25-9-5-4-6-10-25)20-28-31(38)37-32(41-28)33-29(34-37)17-14-22-12-15-26(39-2)16-13-22/h4-17,19-21H,3,18H2,1-2H3/b17-14+,28-20-. The zero-order chi connectivity index (χ0) is 28.2. The van der Waals surface area contributed by atoms with E-state index in [0.717, 1.165) is 46.0 Å². The van der Waals surface area contributed by atoms with Gasteiger partial charge < -0.3 is 9.47 Å². The van der Waals surface area contributed by atoms with Crippen molar-refractivity contribution in [2.45, 2.75) is 13.3 Å². The van der Waals surface area contributed by atoms with Gasteiger partial charge in [-0.15, -0.1) is 5.10 Å². The molecule has 0 N–H and O–H groups in total. The number of thiazole rings is 1. The van der Waals surface area contributed by atoms with Crippen LogP contribution in [-0.2, 0) is 0 Å². The summed E-state index contributed by atoms with van der Waals surface area (Å²) in [6.45, 7) is 2.71. The Labute approximate surface area is 240 Å². The van der Waals surface area contributed by atoms with Crippen molar-refractivity contribution in [3.05, 3.63) is 117 Å². The van der Waals surface area contributed by atoms with Gasteiger partial charge >= 0.3 is 0 Å². The fourth-order valence-corrected chi connectivity index (χ4v) is 5.24. The van der Waals surface area contributed by atoms with E-state index in [2.05, 4.69) is 17.0 Å². The lowest BCUT2D eigenvalue weighted by Gasteiger charge is -2.06. The minimum absolute atomic E-state index is 0.222. The summed E-state index contributed by atoms with van der Waals surface area (Å²) in [5.41, 5.74) is 4.13. The van der Waals surface area contributed by atoms with Gasteiger partial charge in [0.15, 0.2) is 5.82 Å². The molecule has 3 aromatic carbocycles. The van der Waals surface area contributed by atoms with Gasteiger partial charge in [0.1, 0.15) is 17.2 Å². The van der Waals surface area contributed by atoms with Crippen molar-refractivity contribution in [1.82, 2.24) is 24.4 Å². The summed E-state index contributed by atoms with van der Waals surface area (Å²) in [5.74, 6) is 2.04. The molecule has 8 nitrogen and oxygen atoms in total. The van der Waals surface area contributed by atoms with Crippen LogP contribution >= 0.6 is 11.3 Å². The minimum atomic E-state index is -0.222. The molecule has 0 atom stereocenters. The van der Waals surface area contributed by atoms with E-state index in [1.54, 1.807) is 13.2 Å². The van der Waals surface area contributed by atoms with Crippen molar-refractivity contribution in [2.75, 3.05) is 13.7 Å². The summed E-state index contributed by atoms with van der Waals surface area (Å²) in [6, 6.07) is 25.4. The van der Waals surface area contributed by atoms with Crippen molar-refractivity contribution >= 4 is 34.5 Å². The summed E-state index contributed by atoms with van der Waals surface area (Å²) >= 11 is 1.30. The van der Waals surface area contributed by atoms with E-state index in [0.29, 0.717) is 21.9 Å². The number of aromatic nitrogens is 5. The lowest BCUT2D eigenvalue weighted by molar-refractivity contribution is 0.317. The molecule has 204 valence electrons. The highest BCUT2D eigenvalue weighted by molar-refractivity contribution is 7.15. The van der Waals surface area contributed by atoms with Crippen LogP contribution in [-0.4, -0.2) is 38.1 Å². The van der Waals surface area contributed by atoms with E-state index < -0.39 is 0 Å². The van der Waals surface area contributed by atoms with E-state index in [9.17, 15) is 4.79 Å². The van der Waals surface area contributed by atoms with Crippen LogP contribution in [0.4, 0.5) is 0 Å². The molecule has 3 heterocycles. The van der Waals surface area contributed by atoms with Gasteiger partial charge in [-0.3, -0.25) is 4.79 Å². The molecule has 0 bridgehead atoms. The topological polar surface area (TPSA) is 83.5 Å². The Bertz CT molecular complexity index is 1940. The molecule has 0 aliphatic heterocycles. The average molecular weight is 562 g/mol. The Morgan fingerprint density at radius 3 is 2.51 bits per heavy atom. The number of hydrogen-bond acceptors (Lipinski definition) is 7. The minimum Gasteiger partial charge on any atom is -0.497 e. The van der Waals surface area contributed by atoms with Crippen molar-refractivity contribution in [3.8, 4) is 28.4 Å². The maximum absolute atomic E-state index is 13.3. The summed E-state index contributed by atoms with van der Waals surface area (Å²) in [5, 5.41) is 9.33. The third kappa shape index (κ3) is 5.66. The highest BCUT2D eigenvalue weighted by Crippen LogP contribution is 2.28. The Hall–Kier alpha value is -5.02. The lowest BCUT2D eigenvalue weighted by Crippen LogP contribution is -2.23. The number of methoxy groups -OCH3 is 1. The third-order valence-electron chi connectivity index (χ3n) is 6.37. The quantitative estimate of drug-likeness (QED) is 0.231. The maximum Gasteiger partial charge on any atom is 0.291 e. The van der Waals surface area contributed by atoms with Gasteiger partial charge in [-0.25, -0.2) is 4.68 Å². The highest BCUT2D eigenvalue weighted by Gasteiger charge is 2.14. The average Bonchev–Trinajstić information content (AvgIpc) is 3.70. The summed E-state index contributed by atoms with van der Waals surface area (Å²) in [4.78, 5) is 18.4. The summed E-state index contributed by atoms with van der Waals surface area (Å²) < 4.78 is 14.8. The second-order valence-corrected chi connectivity index (χ2v) is 10.3. The molecule has 41 heavy (non-hydrogen) atoms. The van der Waals surface area contributed by atoms with Crippen LogP contribution < -0.4 is 19.6 Å². The molecule has 0 saturated heterocycles. The molecule has 0 aliphatic carbocycles. The first-order valence-corrected chi connectivity index (χ1v) is 14.0. The molecule has 9 heteroatoms. The number of hydrogen-bond donors (Lipinski definition) is 0. The predicted octanol–water partition coefficient (Wildman–Crippen LogP) is 5.52. The first-order chi connectivity index (χ1) is 20.1. The second-order valence-electron chi connectivity index (χ2n) is 9.28. The van der Waals surface area contributed by atoms with E-state index in [-0.39, 0.29) is 5.56 Å². The molecule has 0 fully saturated rings. The molecule has 6 rings (SSSR count). The van der Waals surface area contributed by atoms with Gasteiger partial charge in [-0.1, -0.05) is 66.8 Å². The smallest absolute Gasteiger partial charge is 0.291 e. The van der Waals surface area contributed by atoms with Crippen LogP contribution in [0.3, 0.4) is 0 Å². The highest BCUT2D eigenvalue weighted by atomic mass is 32.1. The van der Waals surface area contributed by atoms with E-state index >= 15 is 0 Å². The van der Waals surface area contributed by atoms with Crippen LogP contribution in [0.5, 0.6) is 11.5 Å². The normalized spacial score (nSPS) is 12.0. The van der Waals surface area contributed by atoms with Crippen molar-refractivity contribution in [1.29, 1.82) is 0 Å². The number of fused-ring (bicyclic) bond motifs is 1. The number of ether oxygens (including phenoxy) is 2. The zero-order valence-electron chi connectivity index (χ0n) is 22.6. The molecule has 0 saturated carbocycles. The fraction of sp³-hybridized carbons (Fsp3) is 0.125. The third-order valence-corrected chi connectivity index (χ3v) is 7.33. The number of rotatable bonds is 9. The lowest BCUT2D eigenvalue weighted by atomic mass is 10.1. The van der Waals surface area contributed by atoms with E-state index in [1.807, 2.05) is 102 Å². The van der Waals surface area contributed by atoms with Crippen molar-refractivity contribution < 1.29 is 9.47 Å². The van der Waals surface area contributed by atoms with Crippen molar-refractivity contribution in [2.24, 2.45) is 0 Å². The molecule has 0 aliphatic rings. The molecule has 3 aromatic heterocycles. The molecule has 6 aromatic rings. The largest absolute Gasteiger partial charge is 0.497 e. The van der Waals surface area contributed by atoms with Crippen LogP contribution in [0.2, 0.25) is 0 Å². The van der Waals surface area contributed by atoms with E-state index in [4.69, 9.17) is 14.6 Å². The SMILES string of the molecule is CCCOc1cccc(-c2nn(-c3ccccc3)cc2/C=c2\sc3nc(/C=C/c4ccc(OC)cc4)nn3c2=O)c1. The first-order valence-electron chi connectivity index (χ1n) is 13.2. The molecule has 0 radical (unpaired) electrons. The van der Waals surface area contributed by atoms with Gasteiger partial charge in [-0.2, -0.15) is 14.6 Å².